The zero-order chi connectivity index (χ0) is 18.0. The summed E-state index contributed by atoms with van der Waals surface area (Å²) >= 11 is 0. The first-order valence-electron chi connectivity index (χ1n) is 8.40. The molecule has 7 heteroatoms. The number of hydrogen-bond acceptors (Lipinski definition) is 4. The van der Waals surface area contributed by atoms with E-state index in [9.17, 15) is 19.5 Å². The molecule has 1 aromatic carbocycles. The minimum atomic E-state index is -1.14. The van der Waals surface area contributed by atoms with E-state index >= 15 is 0 Å². The second-order valence-electron chi connectivity index (χ2n) is 6.75. The summed E-state index contributed by atoms with van der Waals surface area (Å²) in [5.41, 5.74) is -0.181. The van der Waals surface area contributed by atoms with Gasteiger partial charge in [0.2, 0.25) is 11.8 Å². The fourth-order valence-electron chi connectivity index (χ4n) is 3.31. The van der Waals surface area contributed by atoms with E-state index in [-0.39, 0.29) is 18.2 Å². The highest BCUT2D eigenvalue weighted by atomic mass is 16.5. The van der Waals surface area contributed by atoms with Crippen molar-refractivity contribution in [2.45, 2.75) is 37.8 Å². The van der Waals surface area contributed by atoms with Crippen LogP contribution in [-0.2, 0) is 20.9 Å². The Balaban J connectivity index is 1.59. The summed E-state index contributed by atoms with van der Waals surface area (Å²) in [6.45, 7) is 0.739. The quantitative estimate of drug-likeness (QED) is 0.806. The van der Waals surface area contributed by atoms with Gasteiger partial charge in [0.15, 0.2) is 0 Å². The lowest BCUT2D eigenvalue weighted by Gasteiger charge is -2.38. The molecule has 1 aromatic rings. The van der Waals surface area contributed by atoms with E-state index in [1.165, 1.54) is 0 Å². The Morgan fingerprint density at radius 1 is 1.32 bits per heavy atom. The lowest BCUT2D eigenvalue weighted by atomic mass is 9.76. The number of carbonyl (C=O) groups is 3. The normalized spacial score (nSPS) is 21.6. The molecule has 1 saturated heterocycles. The Bertz CT molecular complexity index is 681. The first-order valence-corrected chi connectivity index (χ1v) is 8.40. The molecule has 1 atom stereocenters. The third kappa shape index (κ3) is 3.45. The lowest BCUT2D eigenvalue weighted by molar-refractivity contribution is -0.152. The highest BCUT2D eigenvalue weighted by Gasteiger charge is 2.47. The van der Waals surface area contributed by atoms with E-state index in [2.05, 4.69) is 5.32 Å². The summed E-state index contributed by atoms with van der Waals surface area (Å²) in [5.74, 6) is -1.18. The van der Waals surface area contributed by atoms with Crippen LogP contribution in [0.25, 0.3) is 0 Å². The number of rotatable bonds is 6. The van der Waals surface area contributed by atoms with Crippen LogP contribution in [0, 0.1) is 5.92 Å². The van der Waals surface area contributed by atoms with Crippen molar-refractivity contribution in [2.75, 3.05) is 13.7 Å². The van der Waals surface area contributed by atoms with E-state index in [0.717, 1.165) is 17.7 Å². The van der Waals surface area contributed by atoms with Crippen LogP contribution in [0.3, 0.4) is 0 Å². The molecule has 1 saturated carbocycles. The number of hydrogen-bond donors (Lipinski definition) is 2. The molecule has 0 bridgehead atoms. The summed E-state index contributed by atoms with van der Waals surface area (Å²) in [6, 6.07) is 7.42. The van der Waals surface area contributed by atoms with Crippen LogP contribution in [-0.4, -0.2) is 47.0 Å². The van der Waals surface area contributed by atoms with E-state index < -0.39 is 17.4 Å². The van der Waals surface area contributed by atoms with Crippen molar-refractivity contribution in [1.29, 1.82) is 0 Å². The van der Waals surface area contributed by atoms with Gasteiger partial charge >= 0.3 is 5.97 Å². The van der Waals surface area contributed by atoms with E-state index in [1.807, 2.05) is 24.3 Å². The standard InChI is InChI=1S/C18H22N2O5/c1-25-14-5-3-12(4-6-14)10-20-11-13(9-15(20)21)16(22)19-18(17(23)24)7-2-8-18/h3-6,13H,2,7-11H2,1H3,(H,19,22)(H,23,24). The van der Waals surface area contributed by atoms with Crippen molar-refractivity contribution in [3.8, 4) is 5.75 Å². The molecule has 0 radical (unpaired) electrons. The Kier molecular flexibility index (Phi) is 4.65. The van der Waals surface area contributed by atoms with Gasteiger partial charge in [-0.15, -0.1) is 0 Å². The Morgan fingerprint density at radius 2 is 2.00 bits per heavy atom. The highest BCUT2D eigenvalue weighted by Crippen LogP contribution is 2.33. The molecule has 0 spiro atoms. The summed E-state index contributed by atoms with van der Waals surface area (Å²) < 4.78 is 5.11. The molecule has 2 amide bonds. The third-order valence-electron chi connectivity index (χ3n) is 5.10. The average Bonchev–Trinajstić information content (AvgIpc) is 2.92. The van der Waals surface area contributed by atoms with E-state index in [0.29, 0.717) is 25.9 Å². The molecule has 134 valence electrons. The molecule has 2 N–H and O–H groups in total. The molecule has 0 aromatic heterocycles. The Morgan fingerprint density at radius 3 is 2.52 bits per heavy atom. The number of carbonyl (C=O) groups excluding carboxylic acids is 2. The Labute approximate surface area is 146 Å². The molecule has 7 nitrogen and oxygen atoms in total. The van der Waals surface area contributed by atoms with Gasteiger partial charge in [-0.05, 0) is 37.0 Å². The van der Waals surface area contributed by atoms with E-state index in [1.54, 1.807) is 12.0 Å². The third-order valence-corrected chi connectivity index (χ3v) is 5.10. The van der Waals surface area contributed by atoms with Gasteiger partial charge in [0.25, 0.3) is 0 Å². The van der Waals surface area contributed by atoms with Gasteiger partial charge in [0.05, 0.1) is 13.0 Å². The number of carboxylic acid groups (broad SMARTS) is 1. The van der Waals surface area contributed by atoms with Crippen molar-refractivity contribution in [2.24, 2.45) is 5.92 Å². The zero-order valence-electron chi connectivity index (χ0n) is 14.2. The number of likely N-dealkylation sites (tertiary alicyclic amines) is 1. The largest absolute Gasteiger partial charge is 0.497 e. The van der Waals surface area contributed by atoms with Gasteiger partial charge in [-0.1, -0.05) is 12.1 Å². The molecular formula is C18H22N2O5. The van der Waals surface area contributed by atoms with Gasteiger partial charge in [0, 0.05) is 19.5 Å². The maximum Gasteiger partial charge on any atom is 0.329 e. The number of carboxylic acids is 1. The van der Waals surface area contributed by atoms with Gasteiger partial charge in [-0.3, -0.25) is 9.59 Å². The molecule has 25 heavy (non-hydrogen) atoms. The van der Waals surface area contributed by atoms with Crippen LogP contribution in [0.4, 0.5) is 0 Å². The predicted molar refractivity (Wildman–Crippen MR) is 88.9 cm³/mol. The van der Waals surface area contributed by atoms with Gasteiger partial charge in [0.1, 0.15) is 11.3 Å². The van der Waals surface area contributed by atoms with Crippen LogP contribution in [0.5, 0.6) is 5.75 Å². The number of methoxy groups -OCH3 is 1. The number of amides is 2. The number of nitrogens with one attached hydrogen (secondary N) is 1. The second-order valence-corrected chi connectivity index (χ2v) is 6.75. The molecule has 1 unspecified atom stereocenters. The minimum absolute atomic E-state index is 0.0889. The van der Waals surface area contributed by atoms with Gasteiger partial charge in [-0.25, -0.2) is 4.79 Å². The Hall–Kier alpha value is -2.57. The molecule has 1 aliphatic carbocycles. The van der Waals surface area contributed by atoms with Crippen molar-refractivity contribution >= 4 is 17.8 Å². The first kappa shape index (κ1) is 17.3. The SMILES string of the molecule is COc1ccc(CN2CC(C(=O)NC3(C(=O)O)CCC3)CC2=O)cc1. The van der Waals surface area contributed by atoms with Crippen LogP contribution in [0.2, 0.25) is 0 Å². The maximum atomic E-state index is 12.4. The number of aliphatic carboxylic acids is 1. The van der Waals surface area contributed by atoms with Crippen LogP contribution in [0.1, 0.15) is 31.2 Å². The highest BCUT2D eigenvalue weighted by molar-refractivity contribution is 5.93. The van der Waals surface area contributed by atoms with Crippen molar-refractivity contribution in [1.82, 2.24) is 10.2 Å². The second kappa shape index (κ2) is 6.74. The fraction of sp³-hybridized carbons (Fsp3) is 0.500. The molecule has 2 fully saturated rings. The number of nitrogens with zero attached hydrogens (tertiary/aromatic N) is 1. The summed E-state index contributed by atoms with van der Waals surface area (Å²) in [7, 11) is 1.59. The summed E-state index contributed by atoms with van der Waals surface area (Å²) in [5, 5.41) is 12.0. The molecule has 2 aliphatic rings. The van der Waals surface area contributed by atoms with Crippen molar-refractivity contribution in [3.63, 3.8) is 0 Å². The van der Waals surface area contributed by atoms with Crippen molar-refractivity contribution in [3.05, 3.63) is 29.8 Å². The van der Waals surface area contributed by atoms with Gasteiger partial charge < -0.3 is 20.1 Å². The fourth-order valence-corrected chi connectivity index (χ4v) is 3.31. The van der Waals surface area contributed by atoms with Crippen LogP contribution < -0.4 is 10.1 Å². The van der Waals surface area contributed by atoms with Crippen LogP contribution >= 0.6 is 0 Å². The number of ether oxygens (including phenoxy) is 1. The lowest BCUT2D eigenvalue weighted by Crippen LogP contribution is -2.60. The predicted octanol–water partition coefficient (Wildman–Crippen LogP) is 1.17. The van der Waals surface area contributed by atoms with E-state index in [4.69, 9.17) is 4.74 Å². The van der Waals surface area contributed by atoms with Crippen molar-refractivity contribution < 1.29 is 24.2 Å². The topological polar surface area (TPSA) is 95.9 Å². The smallest absolute Gasteiger partial charge is 0.329 e. The zero-order valence-corrected chi connectivity index (χ0v) is 14.2. The molecule has 1 aliphatic heterocycles. The maximum absolute atomic E-state index is 12.4. The molecule has 1 heterocycles. The summed E-state index contributed by atoms with van der Waals surface area (Å²) in [6.07, 6.45) is 1.81. The minimum Gasteiger partial charge on any atom is -0.497 e. The average molecular weight is 346 g/mol. The first-order chi connectivity index (χ1) is 11.9. The molecular weight excluding hydrogens is 324 g/mol. The van der Waals surface area contributed by atoms with Gasteiger partial charge in [-0.2, -0.15) is 0 Å². The number of benzene rings is 1. The molecule has 3 rings (SSSR count). The monoisotopic (exact) mass is 346 g/mol. The van der Waals surface area contributed by atoms with Crippen LogP contribution in [0.15, 0.2) is 24.3 Å². The summed E-state index contributed by atoms with van der Waals surface area (Å²) in [4.78, 5) is 37.6.